The van der Waals surface area contributed by atoms with Gasteiger partial charge in [-0.25, -0.2) is 9.59 Å². The SMILES string of the molecule is COc1ccc(OCCn2c(=O)oc(=O)c3cc(Cl)cc(Cl)c32)cc1. The second-order valence-corrected chi connectivity index (χ2v) is 5.96. The monoisotopic (exact) mass is 381 g/mol. The van der Waals surface area contributed by atoms with E-state index in [0.29, 0.717) is 11.5 Å². The molecule has 3 aromatic rings. The lowest BCUT2D eigenvalue weighted by Gasteiger charge is -2.11. The number of ether oxygens (including phenoxy) is 2. The number of methoxy groups -OCH3 is 1. The highest BCUT2D eigenvalue weighted by molar-refractivity contribution is 6.38. The van der Waals surface area contributed by atoms with Gasteiger partial charge in [-0.3, -0.25) is 4.57 Å². The molecule has 0 N–H and O–H groups in total. The first-order chi connectivity index (χ1) is 12.0. The predicted octanol–water partition coefficient (Wildman–Crippen LogP) is 3.35. The zero-order chi connectivity index (χ0) is 18.0. The van der Waals surface area contributed by atoms with E-state index in [9.17, 15) is 9.59 Å². The summed E-state index contributed by atoms with van der Waals surface area (Å²) in [6.07, 6.45) is 0. The van der Waals surface area contributed by atoms with Crippen LogP contribution in [0.25, 0.3) is 10.9 Å². The van der Waals surface area contributed by atoms with Gasteiger partial charge < -0.3 is 13.9 Å². The molecule has 0 saturated heterocycles. The average Bonchev–Trinajstić information content (AvgIpc) is 2.58. The van der Waals surface area contributed by atoms with Crippen LogP contribution in [0.5, 0.6) is 11.5 Å². The highest BCUT2D eigenvalue weighted by Crippen LogP contribution is 2.25. The van der Waals surface area contributed by atoms with Crippen molar-refractivity contribution in [2.75, 3.05) is 13.7 Å². The van der Waals surface area contributed by atoms with Gasteiger partial charge in [0.1, 0.15) is 18.1 Å². The molecule has 1 aromatic heterocycles. The van der Waals surface area contributed by atoms with E-state index >= 15 is 0 Å². The number of benzene rings is 2. The van der Waals surface area contributed by atoms with E-state index in [2.05, 4.69) is 0 Å². The summed E-state index contributed by atoms with van der Waals surface area (Å²) in [6.45, 7) is 0.320. The minimum absolute atomic E-state index is 0.140. The number of fused-ring (bicyclic) bond motifs is 1. The van der Waals surface area contributed by atoms with Crippen molar-refractivity contribution in [3.05, 3.63) is 67.4 Å². The third-order valence-electron chi connectivity index (χ3n) is 3.56. The molecular weight excluding hydrogens is 369 g/mol. The zero-order valence-electron chi connectivity index (χ0n) is 13.1. The summed E-state index contributed by atoms with van der Waals surface area (Å²) in [7, 11) is 1.58. The third-order valence-corrected chi connectivity index (χ3v) is 4.07. The maximum absolute atomic E-state index is 12.0. The van der Waals surface area contributed by atoms with E-state index < -0.39 is 11.4 Å². The molecule has 1 heterocycles. The molecule has 25 heavy (non-hydrogen) atoms. The molecule has 0 radical (unpaired) electrons. The van der Waals surface area contributed by atoms with Crippen molar-refractivity contribution < 1.29 is 13.9 Å². The van der Waals surface area contributed by atoms with E-state index in [-0.39, 0.29) is 34.1 Å². The fourth-order valence-electron chi connectivity index (χ4n) is 2.41. The number of hydrogen-bond donors (Lipinski definition) is 0. The van der Waals surface area contributed by atoms with E-state index in [1.54, 1.807) is 31.4 Å². The largest absolute Gasteiger partial charge is 0.497 e. The van der Waals surface area contributed by atoms with Gasteiger partial charge in [0.2, 0.25) is 0 Å². The maximum atomic E-state index is 12.0. The number of hydrogen-bond acceptors (Lipinski definition) is 5. The van der Waals surface area contributed by atoms with E-state index in [4.69, 9.17) is 37.1 Å². The molecule has 2 aromatic carbocycles. The van der Waals surface area contributed by atoms with Crippen LogP contribution in [0.1, 0.15) is 0 Å². The molecule has 130 valence electrons. The van der Waals surface area contributed by atoms with E-state index in [0.717, 1.165) is 0 Å². The van der Waals surface area contributed by atoms with E-state index in [1.165, 1.54) is 16.7 Å². The van der Waals surface area contributed by atoms with Gasteiger partial charge in [0.25, 0.3) is 0 Å². The smallest absolute Gasteiger partial charge is 0.422 e. The van der Waals surface area contributed by atoms with Gasteiger partial charge in [0.05, 0.1) is 29.6 Å². The average molecular weight is 382 g/mol. The second-order valence-electron chi connectivity index (χ2n) is 5.11. The topological polar surface area (TPSA) is 70.7 Å². The van der Waals surface area contributed by atoms with Gasteiger partial charge >= 0.3 is 11.4 Å². The molecular formula is C17H13Cl2NO5. The number of halogens is 2. The van der Waals surface area contributed by atoms with Crippen LogP contribution in [0.15, 0.2) is 50.4 Å². The highest BCUT2D eigenvalue weighted by atomic mass is 35.5. The Morgan fingerprint density at radius 2 is 1.76 bits per heavy atom. The molecule has 0 atom stereocenters. The van der Waals surface area contributed by atoms with Crippen molar-refractivity contribution in [2.45, 2.75) is 6.54 Å². The normalized spacial score (nSPS) is 10.8. The van der Waals surface area contributed by atoms with Crippen LogP contribution in [0.2, 0.25) is 10.0 Å². The highest BCUT2D eigenvalue weighted by Gasteiger charge is 2.14. The first-order valence-corrected chi connectivity index (χ1v) is 8.05. The predicted molar refractivity (Wildman–Crippen MR) is 95.3 cm³/mol. The Morgan fingerprint density at radius 3 is 2.44 bits per heavy atom. The molecule has 0 spiro atoms. The first kappa shape index (κ1) is 17.4. The van der Waals surface area contributed by atoms with Crippen LogP contribution >= 0.6 is 23.2 Å². The molecule has 6 nitrogen and oxygen atoms in total. The van der Waals surface area contributed by atoms with Crippen molar-refractivity contribution >= 4 is 34.1 Å². The Hall–Kier alpha value is -2.44. The number of aromatic nitrogens is 1. The van der Waals surface area contributed by atoms with Crippen molar-refractivity contribution in [1.82, 2.24) is 4.57 Å². The lowest BCUT2D eigenvalue weighted by Crippen LogP contribution is -2.27. The Morgan fingerprint density at radius 1 is 1.08 bits per heavy atom. The minimum atomic E-state index is -0.806. The minimum Gasteiger partial charge on any atom is -0.497 e. The summed E-state index contributed by atoms with van der Waals surface area (Å²) >= 11 is 12.1. The third kappa shape index (κ3) is 3.65. The maximum Gasteiger partial charge on any atom is 0.422 e. The fourth-order valence-corrected chi connectivity index (χ4v) is 3.00. The first-order valence-electron chi connectivity index (χ1n) is 7.29. The zero-order valence-corrected chi connectivity index (χ0v) is 14.6. The molecule has 0 fully saturated rings. The summed E-state index contributed by atoms with van der Waals surface area (Å²) < 4.78 is 16.7. The van der Waals surface area contributed by atoms with Crippen molar-refractivity contribution in [3.8, 4) is 11.5 Å². The lowest BCUT2D eigenvalue weighted by atomic mass is 10.2. The Kier molecular flexibility index (Phi) is 5.01. The molecule has 3 rings (SSSR count). The number of nitrogens with zero attached hydrogens (tertiary/aromatic N) is 1. The summed E-state index contributed by atoms with van der Waals surface area (Å²) in [6, 6.07) is 9.89. The Labute approximate surface area is 152 Å². The Bertz CT molecular complexity index is 1020. The van der Waals surface area contributed by atoms with Gasteiger partial charge in [-0.15, -0.1) is 0 Å². The molecule has 0 aliphatic carbocycles. The van der Waals surface area contributed by atoms with Crippen LogP contribution < -0.4 is 20.9 Å². The van der Waals surface area contributed by atoms with Crippen LogP contribution in [0, 0.1) is 0 Å². The molecule has 0 unspecified atom stereocenters. The van der Waals surface area contributed by atoms with Crippen LogP contribution in [0.3, 0.4) is 0 Å². The van der Waals surface area contributed by atoms with Crippen molar-refractivity contribution in [3.63, 3.8) is 0 Å². The number of rotatable bonds is 5. The van der Waals surface area contributed by atoms with Gasteiger partial charge in [0, 0.05) is 5.02 Å². The molecule has 0 amide bonds. The summed E-state index contributed by atoms with van der Waals surface area (Å²) in [5.74, 6) is 0.521. The van der Waals surface area contributed by atoms with Gasteiger partial charge in [0.15, 0.2) is 0 Å². The van der Waals surface area contributed by atoms with Gasteiger partial charge in [-0.05, 0) is 36.4 Å². The van der Waals surface area contributed by atoms with Gasteiger partial charge in [-0.2, -0.15) is 0 Å². The van der Waals surface area contributed by atoms with Crippen molar-refractivity contribution in [2.24, 2.45) is 0 Å². The molecule has 8 heteroatoms. The molecule has 0 aliphatic heterocycles. The molecule has 0 bridgehead atoms. The van der Waals surface area contributed by atoms with E-state index in [1.807, 2.05) is 0 Å². The van der Waals surface area contributed by atoms with Crippen molar-refractivity contribution in [1.29, 1.82) is 0 Å². The fraction of sp³-hybridized carbons (Fsp3) is 0.176. The molecule has 0 saturated carbocycles. The summed E-state index contributed by atoms with van der Waals surface area (Å²) in [4.78, 5) is 23.9. The quantitative estimate of drug-likeness (QED) is 0.677. The van der Waals surface area contributed by atoms with Crippen LogP contribution in [-0.4, -0.2) is 18.3 Å². The summed E-state index contributed by atoms with van der Waals surface area (Å²) in [5, 5.41) is 0.614. The Balaban J connectivity index is 1.88. The van der Waals surface area contributed by atoms with Gasteiger partial charge in [-0.1, -0.05) is 23.2 Å². The van der Waals surface area contributed by atoms with Crippen LogP contribution in [-0.2, 0) is 6.54 Å². The van der Waals surface area contributed by atoms with Crippen LogP contribution in [0.4, 0.5) is 0 Å². The second kappa shape index (κ2) is 7.21. The lowest BCUT2D eigenvalue weighted by molar-refractivity contribution is 0.287. The summed E-state index contributed by atoms with van der Waals surface area (Å²) in [5.41, 5.74) is -0.512. The molecule has 0 aliphatic rings. The standard InChI is InChI=1S/C17H13Cl2NO5/c1-23-11-2-4-12(5-3-11)24-7-6-20-15-13(16(21)25-17(20)22)8-10(18)9-14(15)19/h2-5,8-9H,6-7H2,1H3.